The minimum Gasteiger partial charge on any atom is -0.496 e. The molecule has 0 amide bonds. The third kappa shape index (κ3) is 2.33. The fraction of sp³-hybridized carbons (Fsp3) is 0.222. The summed E-state index contributed by atoms with van der Waals surface area (Å²) < 4.78 is 7.06. The van der Waals surface area contributed by atoms with Crippen LogP contribution in [0.3, 0.4) is 0 Å². The van der Waals surface area contributed by atoms with Crippen molar-refractivity contribution in [2.24, 2.45) is 0 Å². The summed E-state index contributed by atoms with van der Waals surface area (Å²) in [5.74, 6) is 0.860. The van der Waals surface area contributed by atoms with E-state index in [0.717, 1.165) is 16.8 Å². The maximum absolute atomic E-state index is 11.2. The number of aryl methyl sites for hydroxylation is 2. The summed E-state index contributed by atoms with van der Waals surface area (Å²) in [4.78, 5) is 15.1. The third-order valence-corrected chi connectivity index (χ3v) is 4.48. The van der Waals surface area contributed by atoms with Crippen LogP contribution in [0.2, 0.25) is 0 Å². The highest BCUT2D eigenvalue weighted by Crippen LogP contribution is 2.37. The number of nitrogen functional groups attached to an aromatic ring is 1. The molecule has 26 heavy (non-hydrogen) atoms. The van der Waals surface area contributed by atoms with Gasteiger partial charge in [0, 0.05) is 17.0 Å². The summed E-state index contributed by atoms with van der Waals surface area (Å²) in [5, 5.41) is 21.1. The van der Waals surface area contributed by atoms with Crippen LogP contribution in [0.25, 0.3) is 16.7 Å². The maximum Gasteiger partial charge on any atom is 0.291 e. The molecule has 0 aliphatic heterocycles. The summed E-state index contributed by atoms with van der Waals surface area (Å²) >= 11 is 0. The number of pyridine rings is 1. The van der Waals surface area contributed by atoms with Gasteiger partial charge in [-0.25, -0.2) is 4.98 Å². The van der Waals surface area contributed by atoms with E-state index >= 15 is 0 Å². The van der Waals surface area contributed by atoms with Gasteiger partial charge in [-0.05, 0) is 32.4 Å². The molecule has 0 radical (unpaired) electrons. The molecule has 0 fully saturated rings. The number of hydrogen-bond acceptors (Lipinski definition) is 6. The summed E-state index contributed by atoms with van der Waals surface area (Å²) in [7, 11) is 1.57. The molecule has 132 valence electrons. The monoisotopic (exact) mass is 351 g/mol. The summed E-state index contributed by atoms with van der Waals surface area (Å²) in [5.41, 5.74) is 9.42. The molecule has 2 heterocycles. The van der Waals surface area contributed by atoms with E-state index in [4.69, 9.17) is 10.5 Å². The van der Waals surface area contributed by atoms with Gasteiger partial charge in [-0.15, -0.1) is 0 Å². The lowest BCUT2D eigenvalue weighted by Gasteiger charge is -2.16. The Morgan fingerprint density at radius 1 is 1.35 bits per heavy atom. The van der Waals surface area contributed by atoms with E-state index in [1.165, 1.54) is 6.07 Å². The van der Waals surface area contributed by atoms with Gasteiger partial charge in [-0.2, -0.15) is 5.26 Å². The topological polar surface area (TPSA) is 120 Å². The molecule has 0 saturated heterocycles. The van der Waals surface area contributed by atoms with Crippen molar-refractivity contribution in [2.75, 3.05) is 12.8 Å². The Morgan fingerprint density at radius 2 is 2.04 bits per heavy atom. The van der Waals surface area contributed by atoms with E-state index < -0.39 is 4.92 Å². The lowest BCUT2D eigenvalue weighted by Crippen LogP contribution is -2.07. The Morgan fingerprint density at radius 3 is 2.62 bits per heavy atom. The number of nitrogens with two attached hydrogens (primary N) is 1. The number of ether oxygens (including phenoxy) is 1. The van der Waals surface area contributed by atoms with Gasteiger partial charge >= 0.3 is 0 Å². The number of nitriles is 1. The second-order valence-electron chi connectivity index (χ2n) is 5.99. The first kappa shape index (κ1) is 17.2. The third-order valence-electron chi connectivity index (χ3n) is 4.48. The molecule has 0 unspecified atom stereocenters. The predicted molar refractivity (Wildman–Crippen MR) is 97.6 cm³/mol. The zero-order valence-corrected chi connectivity index (χ0v) is 14.8. The van der Waals surface area contributed by atoms with Crippen LogP contribution in [-0.4, -0.2) is 21.6 Å². The highest BCUT2D eigenvalue weighted by molar-refractivity contribution is 5.93. The lowest BCUT2D eigenvalue weighted by atomic mass is 10.1. The Kier molecular flexibility index (Phi) is 4.00. The van der Waals surface area contributed by atoms with Crippen LogP contribution < -0.4 is 10.5 Å². The molecule has 3 aromatic rings. The fourth-order valence-electron chi connectivity index (χ4n) is 3.21. The second kappa shape index (κ2) is 6.04. The molecule has 8 nitrogen and oxygen atoms in total. The molecule has 8 heteroatoms. The molecule has 0 bridgehead atoms. The maximum atomic E-state index is 11.2. The number of anilines is 1. The summed E-state index contributed by atoms with van der Waals surface area (Å²) in [6.07, 6.45) is 0. The number of benzene rings is 1. The van der Waals surface area contributed by atoms with Crippen LogP contribution in [0.5, 0.6) is 5.75 Å². The van der Waals surface area contributed by atoms with Crippen molar-refractivity contribution >= 4 is 22.5 Å². The molecule has 2 N–H and O–H groups in total. The van der Waals surface area contributed by atoms with Crippen molar-refractivity contribution in [1.82, 2.24) is 9.55 Å². The molecule has 0 aliphatic carbocycles. The molecule has 0 atom stereocenters. The second-order valence-corrected chi connectivity index (χ2v) is 5.99. The predicted octanol–water partition coefficient (Wildman–Crippen LogP) is 3.32. The van der Waals surface area contributed by atoms with Crippen LogP contribution in [0, 0.1) is 42.2 Å². The Bertz CT molecular complexity index is 1110. The van der Waals surface area contributed by atoms with Crippen molar-refractivity contribution in [3.05, 3.63) is 50.7 Å². The molecular weight excluding hydrogens is 334 g/mol. The number of hydrogen-bond donors (Lipinski definition) is 1. The molecular formula is C18H17N5O3. The van der Waals surface area contributed by atoms with Gasteiger partial charge < -0.3 is 10.5 Å². The van der Waals surface area contributed by atoms with Crippen molar-refractivity contribution in [3.63, 3.8) is 0 Å². The molecule has 3 rings (SSSR count). The number of nitrogens with zero attached hydrogens (tertiary/aromatic N) is 4. The van der Waals surface area contributed by atoms with Gasteiger partial charge in [0.05, 0.1) is 17.7 Å². The van der Waals surface area contributed by atoms with Gasteiger partial charge in [0.2, 0.25) is 0 Å². The van der Waals surface area contributed by atoms with Gasteiger partial charge in [0.25, 0.3) is 5.69 Å². The average Bonchev–Trinajstić information content (AvgIpc) is 2.85. The van der Waals surface area contributed by atoms with Crippen LogP contribution in [0.4, 0.5) is 11.5 Å². The molecule has 0 aliphatic rings. The fourth-order valence-corrected chi connectivity index (χ4v) is 3.21. The first-order valence-electron chi connectivity index (χ1n) is 7.82. The Hall–Kier alpha value is -3.60. The minimum absolute atomic E-state index is 0.148. The normalized spacial score (nSPS) is 10.7. The highest BCUT2D eigenvalue weighted by atomic mass is 16.6. The lowest BCUT2D eigenvalue weighted by molar-refractivity contribution is -0.385. The van der Waals surface area contributed by atoms with Crippen LogP contribution >= 0.6 is 0 Å². The Labute approximate surface area is 149 Å². The Balaban J connectivity index is 2.50. The van der Waals surface area contributed by atoms with Crippen LogP contribution in [-0.2, 0) is 0 Å². The number of nitro groups is 1. The van der Waals surface area contributed by atoms with Crippen molar-refractivity contribution in [3.8, 4) is 17.5 Å². The zero-order valence-electron chi connectivity index (χ0n) is 14.8. The van der Waals surface area contributed by atoms with E-state index in [0.29, 0.717) is 16.8 Å². The number of aromatic nitrogens is 2. The van der Waals surface area contributed by atoms with Crippen LogP contribution in [0.1, 0.15) is 22.4 Å². The average molecular weight is 351 g/mol. The largest absolute Gasteiger partial charge is 0.496 e. The first-order chi connectivity index (χ1) is 12.3. The smallest absolute Gasteiger partial charge is 0.291 e. The number of fused-ring (bicyclic) bond motifs is 1. The molecule has 2 aromatic heterocycles. The van der Waals surface area contributed by atoms with Gasteiger partial charge in [0.15, 0.2) is 0 Å². The highest BCUT2D eigenvalue weighted by Gasteiger charge is 2.24. The standard InChI is InChI=1S/C18H17N5O3/c1-9-5-6-15(26-4)10(2)16(9)22-17(20)13(8-19)12-7-14(23(24)25)11(3)21-18(12)22/h5-7H,20H2,1-4H3. The van der Waals surface area contributed by atoms with E-state index in [1.807, 2.05) is 32.0 Å². The van der Waals surface area contributed by atoms with Gasteiger partial charge in [0.1, 0.15) is 34.5 Å². The minimum atomic E-state index is -0.515. The molecule has 0 saturated carbocycles. The van der Waals surface area contributed by atoms with E-state index in [-0.39, 0.29) is 22.8 Å². The number of methoxy groups -OCH3 is 1. The van der Waals surface area contributed by atoms with E-state index in [2.05, 4.69) is 4.98 Å². The summed E-state index contributed by atoms with van der Waals surface area (Å²) in [6.45, 7) is 5.36. The van der Waals surface area contributed by atoms with Gasteiger partial charge in [-0.3, -0.25) is 14.7 Å². The molecule has 0 spiro atoms. The van der Waals surface area contributed by atoms with Crippen molar-refractivity contribution < 1.29 is 9.66 Å². The molecule has 1 aromatic carbocycles. The van der Waals surface area contributed by atoms with Crippen LogP contribution in [0.15, 0.2) is 18.2 Å². The number of rotatable bonds is 3. The van der Waals surface area contributed by atoms with Crippen molar-refractivity contribution in [1.29, 1.82) is 5.26 Å². The van der Waals surface area contributed by atoms with E-state index in [1.54, 1.807) is 18.6 Å². The van der Waals surface area contributed by atoms with Gasteiger partial charge in [-0.1, -0.05) is 6.07 Å². The van der Waals surface area contributed by atoms with Crippen molar-refractivity contribution in [2.45, 2.75) is 20.8 Å². The first-order valence-corrected chi connectivity index (χ1v) is 7.82. The summed E-state index contributed by atoms with van der Waals surface area (Å²) in [6, 6.07) is 7.13. The quantitative estimate of drug-likeness (QED) is 0.571. The zero-order chi connectivity index (χ0) is 19.2. The van der Waals surface area contributed by atoms with E-state index in [9.17, 15) is 15.4 Å². The SMILES string of the molecule is COc1ccc(C)c(-n2c(N)c(C#N)c3cc([N+](=O)[O-])c(C)nc32)c1C.